The molecule has 2 aliphatic carbocycles. The van der Waals surface area contributed by atoms with Crippen LogP contribution in [0.15, 0.2) is 30.5 Å². The zero-order chi connectivity index (χ0) is 12.9. The lowest BCUT2D eigenvalue weighted by Gasteiger charge is -2.14. The fourth-order valence-corrected chi connectivity index (χ4v) is 3.60. The van der Waals surface area contributed by atoms with Gasteiger partial charge in [-0.1, -0.05) is 18.2 Å². The maximum absolute atomic E-state index is 3.72. The molecule has 2 fully saturated rings. The Morgan fingerprint density at radius 3 is 2.79 bits per heavy atom. The molecule has 0 aliphatic heterocycles. The van der Waals surface area contributed by atoms with E-state index in [1.165, 1.54) is 48.7 Å². The zero-order valence-corrected chi connectivity index (χ0v) is 11.7. The maximum atomic E-state index is 3.72. The predicted molar refractivity (Wildman–Crippen MR) is 79.0 cm³/mol. The minimum atomic E-state index is 0.699. The van der Waals surface area contributed by atoms with Crippen LogP contribution >= 0.6 is 0 Å². The summed E-state index contributed by atoms with van der Waals surface area (Å²) in [6.07, 6.45) is 8.15. The quantitative estimate of drug-likeness (QED) is 0.864. The summed E-state index contributed by atoms with van der Waals surface area (Å²) in [5.74, 6) is 1.05. The number of para-hydroxylation sites is 1. The largest absolute Gasteiger partial charge is 0.350 e. The third kappa shape index (κ3) is 1.99. The van der Waals surface area contributed by atoms with Gasteiger partial charge in [0.25, 0.3) is 0 Å². The lowest BCUT2D eigenvalue weighted by atomic mass is 10.0. The van der Waals surface area contributed by atoms with Crippen LogP contribution in [0.5, 0.6) is 0 Å². The van der Waals surface area contributed by atoms with Crippen LogP contribution in [-0.4, -0.2) is 11.1 Å². The molecule has 100 valence electrons. The van der Waals surface area contributed by atoms with Crippen LogP contribution in [0.1, 0.15) is 31.2 Å². The fraction of sp³-hybridized carbons (Fsp3) is 0.529. The van der Waals surface area contributed by atoms with Gasteiger partial charge in [-0.25, -0.2) is 0 Å². The summed E-state index contributed by atoms with van der Waals surface area (Å²) in [5, 5.41) is 5.11. The van der Waals surface area contributed by atoms with Crippen molar-refractivity contribution in [2.75, 3.05) is 6.54 Å². The summed E-state index contributed by atoms with van der Waals surface area (Å²) in [4.78, 5) is 0. The number of aryl methyl sites for hydroxylation is 1. The van der Waals surface area contributed by atoms with Gasteiger partial charge in [-0.15, -0.1) is 0 Å². The first kappa shape index (κ1) is 11.5. The standard InChI is InChI=1S/C17H22N2/c1-19-11-13(15-4-2-3-5-16(15)19)10-18-12-17(8-9-17)14-6-7-14/h2-5,11,14,18H,6-10,12H2,1H3. The van der Waals surface area contributed by atoms with Crippen molar-refractivity contribution < 1.29 is 0 Å². The minimum absolute atomic E-state index is 0.699. The first-order valence-corrected chi connectivity index (χ1v) is 7.52. The van der Waals surface area contributed by atoms with Gasteiger partial charge in [-0.3, -0.25) is 0 Å². The van der Waals surface area contributed by atoms with Crippen LogP contribution in [0.3, 0.4) is 0 Å². The first-order valence-electron chi connectivity index (χ1n) is 7.52. The van der Waals surface area contributed by atoms with Crippen LogP contribution in [0.4, 0.5) is 0 Å². The smallest absolute Gasteiger partial charge is 0.0481 e. The van der Waals surface area contributed by atoms with Gasteiger partial charge < -0.3 is 9.88 Å². The molecule has 0 amide bonds. The summed E-state index contributed by atoms with van der Waals surface area (Å²) >= 11 is 0. The highest BCUT2D eigenvalue weighted by Gasteiger charge is 2.53. The van der Waals surface area contributed by atoms with E-state index in [4.69, 9.17) is 0 Å². The lowest BCUT2D eigenvalue weighted by molar-refractivity contribution is 0.404. The van der Waals surface area contributed by atoms with E-state index in [-0.39, 0.29) is 0 Å². The molecule has 0 saturated heterocycles. The van der Waals surface area contributed by atoms with Crippen LogP contribution in [0, 0.1) is 11.3 Å². The van der Waals surface area contributed by atoms with Crippen molar-refractivity contribution in [2.24, 2.45) is 18.4 Å². The van der Waals surface area contributed by atoms with Gasteiger partial charge >= 0.3 is 0 Å². The summed E-state index contributed by atoms with van der Waals surface area (Å²) in [6, 6.07) is 8.69. The van der Waals surface area contributed by atoms with E-state index >= 15 is 0 Å². The average Bonchev–Trinajstić information content (AvgIpc) is 3.31. The normalized spacial score (nSPS) is 20.9. The molecule has 0 unspecified atom stereocenters. The molecule has 0 radical (unpaired) electrons. The zero-order valence-electron chi connectivity index (χ0n) is 11.7. The number of fused-ring (bicyclic) bond motifs is 1. The number of rotatable bonds is 5. The molecule has 19 heavy (non-hydrogen) atoms. The van der Waals surface area contributed by atoms with Gasteiger partial charge in [0, 0.05) is 37.2 Å². The average molecular weight is 254 g/mol. The molecule has 0 bridgehead atoms. The molecular formula is C17H22N2. The second-order valence-corrected chi connectivity index (χ2v) is 6.52. The summed E-state index contributed by atoms with van der Waals surface area (Å²) in [5.41, 5.74) is 3.47. The van der Waals surface area contributed by atoms with Crippen LogP contribution in [0.25, 0.3) is 10.9 Å². The van der Waals surface area contributed by atoms with Crippen LogP contribution in [-0.2, 0) is 13.6 Å². The van der Waals surface area contributed by atoms with Crippen molar-refractivity contribution in [3.05, 3.63) is 36.0 Å². The minimum Gasteiger partial charge on any atom is -0.350 e. The molecule has 2 saturated carbocycles. The first-order chi connectivity index (χ1) is 9.28. The van der Waals surface area contributed by atoms with E-state index in [2.05, 4.69) is 47.4 Å². The van der Waals surface area contributed by atoms with Gasteiger partial charge in [0.2, 0.25) is 0 Å². The predicted octanol–water partition coefficient (Wildman–Crippen LogP) is 3.46. The Balaban J connectivity index is 1.46. The van der Waals surface area contributed by atoms with E-state index in [0.29, 0.717) is 5.41 Å². The van der Waals surface area contributed by atoms with E-state index in [9.17, 15) is 0 Å². The summed E-state index contributed by atoms with van der Waals surface area (Å²) in [6.45, 7) is 2.23. The summed E-state index contributed by atoms with van der Waals surface area (Å²) in [7, 11) is 2.14. The molecule has 2 heteroatoms. The Labute approximate surface area is 114 Å². The monoisotopic (exact) mass is 254 g/mol. The molecular weight excluding hydrogens is 232 g/mol. The second-order valence-electron chi connectivity index (χ2n) is 6.52. The number of nitrogens with one attached hydrogen (secondary N) is 1. The molecule has 1 heterocycles. The van der Waals surface area contributed by atoms with E-state index in [0.717, 1.165) is 12.5 Å². The highest BCUT2D eigenvalue weighted by molar-refractivity contribution is 5.83. The number of nitrogens with zero attached hydrogens (tertiary/aromatic N) is 1. The Hall–Kier alpha value is -1.28. The lowest BCUT2D eigenvalue weighted by Crippen LogP contribution is -2.24. The van der Waals surface area contributed by atoms with Crippen molar-refractivity contribution in [1.29, 1.82) is 0 Å². The molecule has 0 atom stereocenters. The van der Waals surface area contributed by atoms with E-state index in [1.807, 2.05) is 0 Å². The maximum Gasteiger partial charge on any atom is 0.0481 e. The third-order valence-corrected chi connectivity index (χ3v) is 5.11. The van der Waals surface area contributed by atoms with E-state index < -0.39 is 0 Å². The Morgan fingerprint density at radius 1 is 1.26 bits per heavy atom. The van der Waals surface area contributed by atoms with Crippen molar-refractivity contribution in [3.63, 3.8) is 0 Å². The van der Waals surface area contributed by atoms with Gasteiger partial charge in [0.05, 0.1) is 0 Å². The van der Waals surface area contributed by atoms with Crippen molar-refractivity contribution in [1.82, 2.24) is 9.88 Å². The number of hydrogen-bond donors (Lipinski definition) is 1. The molecule has 1 aromatic carbocycles. The molecule has 1 aromatic heterocycles. The molecule has 2 aromatic rings. The molecule has 4 rings (SSSR count). The van der Waals surface area contributed by atoms with Gasteiger partial charge in [-0.2, -0.15) is 0 Å². The van der Waals surface area contributed by atoms with Crippen LogP contribution < -0.4 is 5.32 Å². The number of benzene rings is 1. The Kier molecular flexibility index (Phi) is 2.49. The van der Waals surface area contributed by atoms with Crippen molar-refractivity contribution in [2.45, 2.75) is 32.2 Å². The van der Waals surface area contributed by atoms with E-state index in [1.54, 1.807) is 0 Å². The molecule has 0 spiro atoms. The van der Waals surface area contributed by atoms with Gasteiger partial charge in [0.1, 0.15) is 0 Å². The highest BCUT2D eigenvalue weighted by Crippen LogP contribution is 2.60. The van der Waals surface area contributed by atoms with Gasteiger partial charge in [-0.05, 0) is 48.6 Å². The SMILES string of the molecule is Cn1cc(CNCC2(C3CC3)CC2)c2ccccc21. The van der Waals surface area contributed by atoms with Crippen LogP contribution in [0.2, 0.25) is 0 Å². The fourth-order valence-electron chi connectivity index (χ4n) is 3.60. The molecule has 1 N–H and O–H groups in total. The third-order valence-electron chi connectivity index (χ3n) is 5.11. The topological polar surface area (TPSA) is 17.0 Å². The van der Waals surface area contributed by atoms with Crippen molar-refractivity contribution >= 4 is 10.9 Å². The highest BCUT2D eigenvalue weighted by atomic mass is 14.9. The van der Waals surface area contributed by atoms with Gasteiger partial charge in [0.15, 0.2) is 0 Å². The number of aromatic nitrogens is 1. The molecule has 2 nitrogen and oxygen atoms in total. The Bertz CT molecular complexity index is 603. The molecule has 2 aliphatic rings. The Morgan fingerprint density at radius 2 is 2.05 bits per heavy atom. The second kappa shape index (κ2) is 4.11. The van der Waals surface area contributed by atoms with Crippen molar-refractivity contribution in [3.8, 4) is 0 Å². The number of hydrogen-bond acceptors (Lipinski definition) is 1. The summed E-state index contributed by atoms with van der Waals surface area (Å²) < 4.78 is 2.24.